The highest BCUT2D eigenvalue weighted by Gasteiger charge is 2.19. The Hall–Kier alpha value is -1.07. The van der Waals surface area contributed by atoms with E-state index in [9.17, 15) is 8.42 Å². The van der Waals surface area contributed by atoms with E-state index < -0.39 is 10.0 Å². The van der Waals surface area contributed by atoms with Gasteiger partial charge < -0.3 is 5.73 Å². The Bertz CT molecular complexity index is 439. The first kappa shape index (κ1) is 13.0. The van der Waals surface area contributed by atoms with Crippen LogP contribution in [0.15, 0.2) is 24.3 Å². The van der Waals surface area contributed by atoms with Gasteiger partial charge in [-0.15, -0.1) is 0 Å². The van der Waals surface area contributed by atoms with Crippen LogP contribution in [0.2, 0.25) is 0 Å². The van der Waals surface area contributed by atoms with Crippen LogP contribution in [-0.2, 0) is 15.8 Å². The molecule has 0 saturated carbocycles. The number of nitrogens with two attached hydrogens (primary N) is 1. The minimum Gasteiger partial charge on any atom is -0.398 e. The van der Waals surface area contributed by atoms with E-state index in [-0.39, 0.29) is 5.75 Å². The monoisotopic (exact) mass is 242 g/mol. The van der Waals surface area contributed by atoms with E-state index in [2.05, 4.69) is 0 Å². The van der Waals surface area contributed by atoms with Crippen molar-refractivity contribution in [3.05, 3.63) is 29.8 Å². The first-order chi connectivity index (χ1) is 7.51. The molecule has 4 nitrogen and oxygen atoms in total. The Kier molecular flexibility index (Phi) is 4.32. The van der Waals surface area contributed by atoms with Crippen molar-refractivity contribution in [2.45, 2.75) is 19.6 Å². The van der Waals surface area contributed by atoms with Crippen molar-refractivity contribution in [3.63, 3.8) is 0 Å². The van der Waals surface area contributed by atoms with Crippen molar-refractivity contribution in [1.29, 1.82) is 0 Å². The molecular formula is C11H18N2O2S. The summed E-state index contributed by atoms with van der Waals surface area (Å²) in [5.41, 5.74) is 6.92. The number of sulfonamides is 1. The molecule has 0 atom stereocenters. The molecule has 5 heteroatoms. The van der Waals surface area contributed by atoms with E-state index in [0.717, 1.165) is 0 Å². The minimum atomic E-state index is -3.24. The van der Waals surface area contributed by atoms with Crippen LogP contribution in [0.25, 0.3) is 0 Å². The summed E-state index contributed by atoms with van der Waals surface area (Å²) in [5, 5.41) is 0. The second-order valence-electron chi connectivity index (χ2n) is 3.54. The highest BCUT2D eigenvalue weighted by molar-refractivity contribution is 7.88. The van der Waals surface area contributed by atoms with Crippen LogP contribution < -0.4 is 5.73 Å². The predicted molar refractivity (Wildman–Crippen MR) is 66.4 cm³/mol. The zero-order valence-corrected chi connectivity index (χ0v) is 10.5. The van der Waals surface area contributed by atoms with Crippen molar-refractivity contribution in [3.8, 4) is 0 Å². The molecule has 0 unspecified atom stereocenters. The number of hydrogen-bond acceptors (Lipinski definition) is 3. The molecule has 0 aliphatic heterocycles. The molecule has 0 saturated heterocycles. The summed E-state index contributed by atoms with van der Waals surface area (Å²) >= 11 is 0. The second-order valence-corrected chi connectivity index (χ2v) is 5.51. The maximum absolute atomic E-state index is 12.0. The number of nitrogen functional groups attached to an aromatic ring is 1. The third kappa shape index (κ3) is 2.96. The normalized spacial score (nSPS) is 11.9. The van der Waals surface area contributed by atoms with Gasteiger partial charge in [0.2, 0.25) is 10.0 Å². The van der Waals surface area contributed by atoms with Gasteiger partial charge in [0.1, 0.15) is 0 Å². The summed E-state index contributed by atoms with van der Waals surface area (Å²) in [7, 11) is -3.24. The average molecular weight is 242 g/mol. The lowest BCUT2D eigenvalue weighted by Gasteiger charge is -2.18. The summed E-state index contributed by atoms with van der Waals surface area (Å²) in [5.74, 6) is -0.0264. The fraction of sp³-hybridized carbons (Fsp3) is 0.455. The van der Waals surface area contributed by atoms with Crippen molar-refractivity contribution < 1.29 is 8.42 Å². The van der Waals surface area contributed by atoms with Gasteiger partial charge in [-0.1, -0.05) is 32.0 Å². The molecule has 0 radical (unpaired) electrons. The smallest absolute Gasteiger partial charge is 0.218 e. The van der Waals surface area contributed by atoms with Gasteiger partial charge in [-0.3, -0.25) is 0 Å². The van der Waals surface area contributed by atoms with Gasteiger partial charge in [-0.05, 0) is 11.6 Å². The van der Waals surface area contributed by atoms with Gasteiger partial charge >= 0.3 is 0 Å². The average Bonchev–Trinajstić information content (AvgIpc) is 2.22. The Morgan fingerprint density at radius 2 is 1.75 bits per heavy atom. The second kappa shape index (κ2) is 5.32. The fourth-order valence-electron chi connectivity index (χ4n) is 1.57. The SMILES string of the molecule is CCN(CC)S(=O)(=O)Cc1ccccc1N. The molecule has 0 aromatic heterocycles. The molecule has 1 aromatic carbocycles. The van der Waals surface area contributed by atoms with E-state index in [1.54, 1.807) is 24.3 Å². The lowest BCUT2D eigenvalue weighted by molar-refractivity contribution is 0.444. The van der Waals surface area contributed by atoms with Crippen molar-refractivity contribution in [2.75, 3.05) is 18.8 Å². The largest absolute Gasteiger partial charge is 0.398 e. The molecule has 0 aliphatic carbocycles. The molecular weight excluding hydrogens is 224 g/mol. The number of hydrogen-bond donors (Lipinski definition) is 1. The molecule has 90 valence electrons. The van der Waals surface area contributed by atoms with Gasteiger partial charge in [0.25, 0.3) is 0 Å². The Morgan fingerprint density at radius 3 is 2.25 bits per heavy atom. The topological polar surface area (TPSA) is 63.4 Å². The predicted octanol–water partition coefficient (Wildman–Crippen LogP) is 1.44. The fourth-order valence-corrected chi connectivity index (χ4v) is 3.20. The highest BCUT2D eigenvalue weighted by atomic mass is 32.2. The van der Waals surface area contributed by atoms with Crippen LogP contribution in [0.4, 0.5) is 5.69 Å². The number of nitrogens with zero attached hydrogens (tertiary/aromatic N) is 1. The van der Waals surface area contributed by atoms with Gasteiger partial charge in [0.15, 0.2) is 0 Å². The van der Waals surface area contributed by atoms with Gasteiger partial charge in [0.05, 0.1) is 5.75 Å². The summed E-state index contributed by atoms with van der Waals surface area (Å²) in [4.78, 5) is 0. The van der Waals surface area contributed by atoms with E-state index in [1.165, 1.54) is 4.31 Å². The number of benzene rings is 1. The summed E-state index contributed by atoms with van der Waals surface area (Å²) in [6.45, 7) is 4.64. The highest BCUT2D eigenvalue weighted by Crippen LogP contribution is 2.16. The standard InChI is InChI=1S/C11H18N2O2S/c1-3-13(4-2)16(14,15)9-10-7-5-6-8-11(10)12/h5-8H,3-4,9,12H2,1-2H3. The minimum absolute atomic E-state index is 0.0264. The summed E-state index contributed by atoms with van der Waals surface area (Å²) < 4.78 is 25.4. The lowest BCUT2D eigenvalue weighted by Crippen LogP contribution is -2.31. The lowest BCUT2D eigenvalue weighted by atomic mass is 10.2. The summed E-state index contributed by atoms with van der Waals surface area (Å²) in [6.07, 6.45) is 0. The zero-order chi connectivity index (χ0) is 12.2. The Balaban J connectivity index is 2.93. The van der Waals surface area contributed by atoms with E-state index in [1.807, 2.05) is 13.8 Å². The molecule has 16 heavy (non-hydrogen) atoms. The van der Waals surface area contributed by atoms with Crippen LogP contribution in [-0.4, -0.2) is 25.8 Å². The third-order valence-electron chi connectivity index (χ3n) is 2.49. The number of anilines is 1. The molecule has 0 spiro atoms. The van der Waals surface area contributed by atoms with Crippen LogP contribution in [0.5, 0.6) is 0 Å². The first-order valence-electron chi connectivity index (χ1n) is 5.32. The van der Waals surface area contributed by atoms with Crippen LogP contribution in [0.1, 0.15) is 19.4 Å². The summed E-state index contributed by atoms with van der Waals surface area (Å²) in [6, 6.07) is 7.05. The van der Waals surface area contributed by atoms with Crippen LogP contribution >= 0.6 is 0 Å². The number of para-hydroxylation sites is 1. The molecule has 0 fully saturated rings. The maximum Gasteiger partial charge on any atom is 0.218 e. The zero-order valence-electron chi connectivity index (χ0n) is 9.68. The maximum atomic E-state index is 12.0. The van der Waals surface area contributed by atoms with E-state index in [4.69, 9.17) is 5.73 Å². The number of rotatable bonds is 5. The molecule has 1 rings (SSSR count). The molecule has 2 N–H and O–H groups in total. The third-order valence-corrected chi connectivity index (χ3v) is 4.47. The molecule has 0 heterocycles. The van der Waals surface area contributed by atoms with E-state index >= 15 is 0 Å². The van der Waals surface area contributed by atoms with Crippen LogP contribution in [0, 0.1) is 0 Å². The molecule has 0 bridgehead atoms. The molecule has 0 amide bonds. The molecule has 1 aromatic rings. The van der Waals surface area contributed by atoms with Crippen molar-refractivity contribution in [2.24, 2.45) is 0 Å². The Morgan fingerprint density at radius 1 is 1.19 bits per heavy atom. The van der Waals surface area contributed by atoms with Crippen molar-refractivity contribution in [1.82, 2.24) is 4.31 Å². The van der Waals surface area contributed by atoms with Gasteiger partial charge in [0, 0.05) is 18.8 Å². The molecule has 0 aliphatic rings. The first-order valence-corrected chi connectivity index (χ1v) is 6.93. The van der Waals surface area contributed by atoms with Gasteiger partial charge in [-0.25, -0.2) is 12.7 Å². The Labute approximate surface area is 97.1 Å². The van der Waals surface area contributed by atoms with Gasteiger partial charge in [-0.2, -0.15) is 0 Å². The quantitative estimate of drug-likeness (QED) is 0.795. The van der Waals surface area contributed by atoms with E-state index in [0.29, 0.717) is 24.3 Å². The van der Waals surface area contributed by atoms with Crippen LogP contribution in [0.3, 0.4) is 0 Å². The van der Waals surface area contributed by atoms with Crippen molar-refractivity contribution >= 4 is 15.7 Å².